The summed E-state index contributed by atoms with van der Waals surface area (Å²) in [7, 11) is 2.85. The highest BCUT2D eigenvalue weighted by atomic mass is 16.6. The maximum Gasteiger partial charge on any atom is 0.408 e. The van der Waals surface area contributed by atoms with Gasteiger partial charge in [-0.05, 0) is 0 Å². The number of amides is 1. The van der Waals surface area contributed by atoms with E-state index in [0.717, 1.165) is 0 Å². The normalized spacial score (nSPS) is 10.5. The van der Waals surface area contributed by atoms with Gasteiger partial charge in [0.1, 0.15) is 19.9 Å². The molecule has 0 aromatic rings. The van der Waals surface area contributed by atoms with Gasteiger partial charge >= 0.3 is 18.0 Å². The van der Waals surface area contributed by atoms with Crippen LogP contribution in [0.3, 0.4) is 0 Å². The highest BCUT2D eigenvalue weighted by Crippen LogP contribution is 1.84. The summed E-state index contributed by atoms with van der Waals surface area (Å²) in [6.45, 7) is 3.53. The van der Waals surface area contributed by atoms with Crippen molar-refractivity contribution in [2.75, 3.05) is 100.0 Å². The number of rotatable bonds is 21. The Kier molecular flexibility index (Phi) is 21.2. The lowest BCUT2D eigenvalue weighted by atomic mass is 10.5. The van der Waals surface area contributed by atoms with Crippen molar-refractivity contribution in [2.45, 2.75) is 0 Å². The van der Waals surface area contributed by atoms with E-state index in [-0.39, 0.29) is 45.6 Å². The maximum absolute atomic E-state index is 11.5. The second-order valence-corrected chi connectivity index (χ2v) is 5.73. The van der Waals surface area contributed by atoms with Crippen molar-refractivity contribution < 1.29 is 47.5 Å². The van der Waals surface area contributed by atoms with Crippen molar-refractivity contribution in [3.05, 3.63) is 0 Å². The summed E-state index contributed by atoms with van der Waals surface area (Å²) in [5, 5.41) is 8.06. The monoisotopic (exact) mass is 453 g/mol. The molecule has 0 bridgehead atoms. The zero-order valence-electron chi connectivity index (χ0n) is 18.3. The molecule has 0 radical (unpaired) electrons. The Labute approximate surface area is 182 Å². The van der Waals surface area contributed by atoms with Gasteiger partial charge in [0.15, 0.2) is 0 Å². The van der Waals surface area contributed by atoms with E-state index >= 15 is 0 Å². The van der Waals surface area contributed by atoms with Gasteiger partial charge in [0, 0.05) is 20.2 Å². The Bertz CT molecular complexity index is 468. The lowest BCUT2D eigenvalue weighted by Gasteiger charge is -2.09. The van der Waals surface area contributed by atoms with Crippen LogP contribution in [-0.2, 0) is 42.7 Å². The Morgan fingerprint density at radius 2 is 1.16 bits per heavy atom. The van der Waals surface area contributed by atoms with Gasteiger partial charge in [0.25, 0.3) is 0 Å². The van der Waals surface area contributed by atoms with Crippen molar-refractivity contribution in [2.24, 2.45) is 0 Å². The molecule has 13 heteroatoms. The molecular formula is C18H35N3O10. The van der Waals surface area contributed by atoms with Gasteiger partial charge in [-0.3, -0.25) is 14.9 Å². The summed E-state index contributed by atoms with van der Waals surface area (Å²) in [5.41, 5.74) is 0. The summed E-state index contributed by atoms with van der Waals surface area (Å²) in [6.07, 6.45) is -0.561. The van der Waals surface area contributed by atoms with Crippen LogP contribution in [0.4, 0.5) is 4.79 Å². The van der Waals surface area contributed by atoms with Crippen molar-refractivity contribution in [3.63, 3.8) is 0 Å². The molecule has 0 spiro atoms. The van der Waals surface area contributed by atoms with Gasteiger partial charge in [-0.15, -0.1) is 0 Å². The molecule has 0 unspecified atom stereocenters. The van der Waals surface area contributed by atoms with Crippen molar-refractivity contribution in [1.82, 2.24) is 16.0 Å². The minimum Gasteiger partial charge on any atom is -0.463 e. The lowest BCUT2D eigenvalue weighted by Crippen LogP contribution is -2.31. The average molecular weight is 453 g/mol. The third-order valence-electron chi connectivity index (χ3n) is 3.30. The number of methoxy groups -OCH3 is 2. The van der Waals surface area contributed by atoms with Crippen molar-refractivity contribution in [1.29, 1.82) is 0 Å². The minimum absolute atomic E-state index is 0.0115. The lowest BCUT2D eigenvalue weighted by molar-refractivity contribution is -0.144. The van der Waals surface area contributed by atoms with Crippen LogP contribution in [0.25, 0.3) is 0 Å². The van der Waals surface area contributed by atoms with Crippen molar-refractivity contribution in [3.8, 4) is 0 Å². The van der Waals surface area contributed by atoms with Crippen LogP contribution in [0, 0.1) is 0 Å². The van der Waals surface area contributed by atoms with Crippen LogP contribution in [0.1, 0.15) is 0 Å². The van der Waals surface area contributed by atoms with Crippen LogP contribution < -0.4 is 16.0 Å². The minimum atomic E-state index is -0.561. The van der Waals surface area contributed by atoms with E-state index < -0.39 is 12.1 Å². The molecule has 0 saturated heterocycles. The number of carbonyl (C=O) groups excluding carboxylic acids is 3. The number of hydrogen-bond donors (Lipinski definition) is 3. The molecule has 0 saturated carbocycles. The first-order valence-electron chi connectivity index (χ1n) is 9.86. The summed E-state index contributed by atoms with van der Waals surface area (Å²) < 4.78 is 34.8. The van der Waals surface area contributed by atoms with Crippen LogP contribution in [0.2, 0.25) is 0 Å². The highest BCUT2D eigenvalue weighted by Gasteiger charge is 2.04. The van der Waals surface area contributed by atoms with Gasteiger partial charge in [-0.25, -0.2) is 4.79 Å². The molecule has 0 aromatic heterocycles. The maximum atomic E-state index is 11.5. The SMILES string of the molecule is COCCNCC(=O)OCCNCC(=O)OCCOCCOCCOCNC(=O)OC. The predicted molar refractivity (Wildman–Crippen MR) is 108 cm³/mol. The molecule has 0 atom stereocenters. The number of ether oxygens (including phenoxy) is 7. The molecule has 13 nitrogen and oxygen atoms in total. The van der Waals surface area contributed by atoms with Crippen LogP contribution in [-0.4, -0.2) is 118 Å². The molecule has 31 heavy (non-hydrogen) atoms. The standard InChI is InChI=1S/C18H35N3O10/c1-25-5-3-19-13-16(22)30-6-4-20-14-17(23)31-12-11-28-8-7-27-9-10-29-15-21-18(24)26-2/h19-20H,3-15H2,1-2H3,(H,21,24). The van der Waals surface area contributed by atoms with Crippen molar-refractivity contribution >= 4 is 18.0 Å². The largest absolute Gasteiger partial charge is 0.463 e. The van der Waals surface area contributed by atoms with E-state index in [2.05, 4.69) is 20.7 Å². The van der Waals surface area contributed by atoms with E-state index in [1.165, 1.54) is 7.11 Å². The van der Waals surface area contributed by atoms with E-state index in [9.17, 15) is 14.4 Å². The van der Waals surface area contributed by atoms with Gasteiger partial charge in [-0.1, -0.05) is 0 Å². The predicted octanol–water partition coefficient (Wildman–Crippen LogP) is -1.74. The quantitative estimate of drug-likeness (QED) is 0.0783. The fraction of sp³-hybridized carbons (Fsp3) is 0.833. The van der Waals surface area contributed by atoms with Gasteiger partial charge in [0.05, 0.1) is 59.8 Å². The number of esters is 2. The van der Waals surface area contributed by atoms with E-state index in [0.29, 0.717) is 46.1 Å². The molecule has 0 aliphatic rings. The Morgan fingerprint density at radius 1 is 0.645 bits per heavy atom. The summed E-state index contributed by atoms with van der Waals surface area (Å²) in [6, 6.07) is 0. The summed E-state index contributed by atoms with van der Waals surface area (Å²) >= 11 is 0. The summed E-state index contributed by atoms with van der Waals surface area (Å²) in [4.78, 5) is 33.6. The second kappa shape index (κ2) is 22.7. The first-order chi connectivity index (χ1) is 15.1. The van der Waals surface area contributed by atoms with Gasteiger partial charge in [-0.2, -0.15) is 0 Å². The molecule has 0 rings (SSSR count). The van der Waals surface area contributed by atoms with Crippen LogP contribution in [0.15, 0.2) is 0 Å². The molecule has 0 aliphatic heterocycles. The zero-order chi connectivity index (χ0) is 23.0. The third-order valence-corrected chi connectivity index (χ3v) is 3.30. The highest BCUT2D eigenvalue weighted by molar-refractivity contribution is 5.72. The molecule has 0 fully saturated rings. The molecule has 0 aromatic carbocycles. The fourth-order valence-electron chi connectivity index (χ4n) is 1.80. The Balaban J connectivity index is 3.28. The molecular weight excluding hydrogens is 418 g/mol. The molecule has 3 N–H and O–H groups in total. The first kappa shape index (κ1) is 29.0. The summed E-state index contributed by atoms with van der Waals surface area (Å²) in [5.74, 6) is -0.796. The molecule has 1 amide bonds. The smallest absolute Gasteiger partial charge is 0.408 e. The third kappa shape index (κ3) is 22.5. The number of carbonyl (C=O) groups is 3. The zero-order valence-corrected chi connectivity index (χ0v) is 18.3. The van der Waals surface area contributed by atoms with Gasteiger partial charge < -0.3 is 43.8 Å². The number of alkyl carbamates (subject to hydrolysis) is 1. The van der Waals surface area contributed by atoms with Crippen LogP contribution >= 0.6 is 0 Å². The molecule has 0 aliphatic carbocycles. The number of hydrogen-bond acceptors (Lipinski definition) is 12. The van der Waals surface area contributed by atoms with E-state index in [4.69, 9.17) is 28.4 Å². The molecule has 182 valence electrons. The van der Waals surface area contributed by atoms with E-state index in [1.54, 1.807) is 7.11 Å². The molecule has 0 heterocycles. The fourth-order valence-corrected chi connectivity index (χ4v) is 1.80. The van der Waals surface area contributed by atoms with E-state index in [1.807, 2.05) is 0 Å². The Morgan fingerprint density at radius 3 is 1.74 bits per heavy atom. The first-order valence-corrected chi connectivity index (χ1v) is 9.86. The average Bonchev–Trinajstić information content (AvgIpc) is 2.77. The van der Waals surface area contributed by atoms with Gasteiger partial charge in [0.2, 0.25) is 0 Å². The Hall–Kier alpha value is -2.03. The van der Waals surface area contributed by atoms with Crippen LogP contribution in [0.5, 0.6) is 0 Å². The number of nitrogens with one attached hydrogen (secondary N) is 3. The topological polar surface area (TPSA) is 152 Å². The second-order valence-electron chi connectivity index (χ2n) is 5.73.